The van der Waals surface area contributed by atoms with Crippen molar-refractivity contribution in [3.63, 3.8) is 0 Å². The summed E-state index contributed by atoms with van der Waals surface area (Å²) in [6, 6.07) is 4.13. The van der Waals surface area contributed by atoms with E-state index in [0.29, 0.717) is 17.6 Å². The number of nitrogens with zero attached hydrogens (tertiary/aromatic N) is 2. The van der Waals surface area contributed by atoms with Gasteiger partial charge in [0.1, 0.15) is 0 Å². The summed E-state index contributed by atoms with van der Waals surface area (Å²) in [5, 5.41) is 9.03. The Morgan fingerprint density at radius 2 is 1.91 bits per heavy atom. The van der Waals surface area contributed by atoms with Crippen LogP contribution in [-0.2, 0) is 39.5 Å². The van der Waals surface area contributed by atoms with E-state index in [9.17, 15) is 27.6 Å². The summed E-state index contributed by atoms with van der Waals surface area (Å²) < 4.78 is 61.6. The van der Waals surface area contributed by atoms with Gasteiger partial charge >= 0.3 is 12.1 Å². The highest BCUT2D eigenvalue weighted by molar-refractivity contribution is 6.23. The van der Waals surface area contributed by atoms with Crippen LogP contribution in [0.25, 0.3) is 0 Å². The van der Waals surface area contributed by atoms with Crippen LogP contribution in [0, 0.1) is 29.1 Å². The van der Waals surface area contributed by atoms with Crippen molar-refractivity contribution in [3.8, 4) is 6.07 Å². The summed E-state index contributed by atoms with van der Waals surface area (Å²) in [5.74, 6) is -5.10. The first-order valence-electron chi connectivity index (χ1n) is 10.8. The number of carbonyl (C=O) groups is 3. The highest BCUT2D eigenvalue weighted by atomic mass is 19.4. The Balaban J connectivity index is 1.61. The molecule has 0 N–H and O–H groups in total. The fourth-order valence-corrected chi connectivity index (χ4v) is 5.53. The number of rotatable bonds is 7. The normalized spacial score (nSPS) is 31.6. The van der Waals surface area contributed by atoms with E-state index in [2.05, 4.69) is 0 Å². The van der Waals surface area contributed by atoms with Crippen molar-refractivity contribution in [2.24, 2.45) is 17.8 Å². The van der Waals surface area contributed by atoms with Crippen molar-refractivity contribution < 1.29 is 46.5 Å². The standard InChI is InChI=1S/C23H23F3N2O7/c1-21-9-15(20(31)34-11-33-7-6-32-3)22(2,35-21)17-16(21)18(29)28(19(17)30)13-5-4-12(10-27)14(8-13)23(24,25)26/h4-5,8,15-17H,6-7,9,11H2,1-3H3/t15-,16+,17-,21+,22-/m1/s1. The minimum absolute atomic E-state index is 0.0929. The van der Waals surface area contributed by atoms with E-state index < -0.39 is 64.0 Å². The van der Waals surface area contributed by atoms with Gasteiger partial charge in [0.2, 0.25) is 11.8 Å². The molecule has 0 unspecified atom stereocenters. The number of hydrogen-bond donors (Lipinski definition) is 0. The van der Waals surface area contributed by atoms with Crippen molar-refractivity contribution >= 4 is 23.5 Å². The average Bonchev–Trinajstić information content (AvgIpc) is 3.33. The summed E-state index contributed by atoms with van der Waals surface area (Å²) in [6.07, 6.45) is -4.77. The number of imide groups is 1. The smallest absolute Gasteiger partial charge is 0.417 e. The maximum absolute atomic E-state index is 13.5. The first-order chi connectivity index (χ1) is 16.4. The molecule has 2 bridgehead atoms. The minimum atomic E-state index is -4.86. The van der Waals surface area contributed by atoms with Gasteiger partial charge < -0.3 is 18.9 Å². The largest absolute Gasteiger partial charge is 0.438 e. The number of methoxy groups -OCH3 is 1. The van der Waals surface area contributed by atoms with Gasteiger partial charge in [-0.25, -0.2) is 4.90 Å². The molecule has 0 saturated carbocycles. The molecule has 1 aromatic carbocycles. The van der Waals surface area contributed by atoms with Gasteiger partial charge in [-0.05, 0) is 38.5 Å². The molecule has 3 saturated heterocycles. The number of carbonyl (C=O) groups excluding carboxylic acids is 3. The van der Waals surface area contributed by atoms with Crippen LogP contribution in [0.2, 0.25) is 0 Å². The second-order valence-corrected chi connectivity index (χ2v) is 9.14. The van der Waals surface area contributed by atoms with Crippen LogP contribution in [0.15, 0.2) is 18.2 Å². The van der Waals surface area contributed by atoms with Gasteiger partial charge in [-0.3, -0.25) is 14.4 Å². The van der Waals surface area contributed by atoms with Gasteiger partial charge in [-0.15, -0.1) is 0 Å². The number of fused-ring (bicyclic) bond motifs is 5. The Morgan fingerprint density at radius 3 is 2.54 bits per heavy atom. The Labute approximate surface area is 198 Å². The van der Waals surface area contributed by atoms with E-state index in [1.54, 1.807) is 6.92 Å². The number of benzene rings is 1. The maximum atomic E-state index is 13.5. The van der Waals surface area contributed by atoms with Crippen LogP contribution in [-0.4, -0.2) is 56.1 Å². The third-order valence-electron chi connectivity index (χ3n) is 7.02. The summed E-state index contributed by atoms with van der Waals surface area (Å²) >= 11 is 0. The van der Waals surface area contributed by atoms with E-state index in [0.717, 1.165) is 12.1 Å². The number of amides is 2. The van der Waals surface area contributed by atoms with Crippen molar-refractivity contribution in [3.05, 3.63) is 29.3 Å². The molecule has 3 aliphatic heterocycles. The topological polar surface area (TPSA) is 115 Å². The highest BCUT2D eigenvalue weighted by Gasteiger charge is 2.77. The van der Waals surface area contributed by atoms with Gasteiger partial charge in [0.05, 0.1) is 65.1 Å². The number of halogens is 3. The molecule has 3 heterocycles. The van der Waals surface area contributed by atoms with Crippen molar-refractivity contribution in [1.82, 2.24) is 0 Å². The number of alkyl halides is 3. The molecular formula is C23H23F3N2O7. The van der Waals surface area contributed by atoms with Gasteiger partial charge in [-0.1, -0.05) is 0 Å². The second kappa shape index (κ2) is 8.58. The summed E-state index contributed by atoms with van der Waals surface area (Å²) in [4.78, 5) is 40.3. The van der Waals surface area contributed by atoms with Gasteiger partial charge in [-0.2, -0.15) is 18.4 Å². The van der Waals surface area contributed by atoms with Crippen LogP contribution >= 0.6 is 0 Å². The zero-order valence-corrected chi connectivity index (χ0v) is 19.2. The molecule has 0 radical (unpaired) electrons. The van der Waals surface area contributed by atoms with Crippen molar-refractivity contribution in [1.29, 1.82) is 5.26 Å². The lowest BCUT2D eigenvalue weighted by atomic mass is 9.64. The zero-order chi connectivity index (χ0) is 25.8. The quantitative estimate of drug-likeness (QED) is 0.245. The SMILES string of the molecule is COCCOCOC(=O)[C@H]1C[C@]2(C)O[C@@]1(C)[C@H]1C(=O)N(c3ccc(C#N)c(C(F)(F)F)c3)C(=O)[C@H]12. The third kappa shape index (κ3) is 3.87. The first kappa shape index (κ1) is 25.1. The Bertz CT molecular complexity index is 1120. The Kier molecular flexibility index (Phi) is 6.15. The van der Waals surface area contributed by atoms with Gasteiger partial charge in [0.25, 0.3) is 0 Å². The Morgan fingerprint density at radius 1 is 1.23 bits per heavy atom. The van der Waals surface area contributed by atoms with E-state index in [1.165, 1.54) is 20.1 Å². The fourth-order valence-electron chi connectivity index (χ4n) is 5.53. The van der Waals surface area contributed by atoms with E-state index in [-0.39, 0.29) is 25.5 Å². The van der Waals surface area contributed by atoms with E-state index in [4.69, 9.17) is 24.2 Å². The molecule has 2 amide bonds. The summed E-state index contributed by atoms with van der Waals surface area (Å²) in [5.41, 5.74) is -4.76. The number of esters is 1. The van der Waals surface area contributed by atoms with Gasteiger partial charge in [0, 0.05) is 7.11 Å². The molecule has 35 heavy (non-hydrogen) atoms. The highest BCUT2D eigenvalue weighted by Crippen LogP contribution is 2.63. The Hall–Kier alpha value is -3.01. The molecule has 0 spiro atoms. The summed E-state index contributed by atoms with van der Waals surface area (Å²) in [6.45, 7) is 3.32. The lowest BCUT2D eigenvalue weighted by Crippen LogP contribution is -2.49. The number of nitriles is 1. The zero-order valence-electron chi connectivity index (χ0n) is 19.2. The molecule has 9 nitrogen and oxygen atoms in total. The maximum Gasteiger partial charge on any atom is 0.417 e. The second-order valence-electron chi connectivity index (χ2n) is 9.14. The van der Waals surface area contributed by atoms with Crippen LogP contribution in [0.4, 0.5) is 18.9 Å². The molecule has 3 aliphatic rings. The predicted molar refractivity (Wildman–Crippen MR) is 110 cm³/mol. The lowest BCUT2D eigenvalue weighted by molar-refractivity contribution is -0.169. The monoisotopic (exact) mass is 496 g/mol. The molecule has 0 aromatic heterocycles. The summed E-state index contributed by atoms with van der Waals surface area (Å²) in [7, 11) is 1.49. The van der Waals surface area contributed by atoms with Crippen LogP contribution < -0.4 is 4.90 Å². The molecule has 1 aromatic rings. The van der Waals surface area contributed by atoms with Crippen LogP contribution in [0.1, 0.15) is 31.4 Å². The number of hydrogen-bond acceptors (Lipinski definition) is 8. The lowest BCUT2D eigenvalue weighted by Gasteiger charge is -2.33. The molecular weight excluding hydrogens is 473 g/mol. The number of anilines is 1. The minimum Gasteiger partial charge on any atom is -0.438 e. The molecule has 188 valence electrons. The predicted octanol–water partition coefficient (Wildman–Crippen LogP) is 2.41. The molecule has 12 heteroatoms. The average molecular weight is 496 g/mol. The first-order valence-corrected chi connectivity index (χ1v) is 10.8. The van der Waals surface area contributed by atoms with E-state index >= 15 is 0 Å². The molecule has 4 rings (SSSR count). The third-order valence-corrected chi connectivity index (χ3v) is 7.02. The fraction of sp³-hybridized carbons (Fsp3) is 0.565. The van der Waals surface area contributed by atoms with Gasteiger partial charge in [0.15, 0.2) is 6.79 Å². The van der Waals surface area contributed by atoms with Crippen LogP contribution in [0.5, 0.6) is 0 Å². The number of ether oxygens (including phenoxy) is 4. The molecule has 3 fully saturated rings. The van der Waals surface area contributed by atoms with Crippen molar-refractivity contribution in [2.75, 3.05) is 32.0 Å². The molecule has 5 atom stereocenters. The van der Waals surface area contributed by atoms with E-state index in [1.807, 2.05) is 0 Å². The van der Waals surface area contributed by atoms with Crippen LogP contribution in [0.3, 0.4) is 0 Å². The van der Waals surface area contributed by atoms with Crippen molar-refractivity contribution in [2.45, 2.75) is 37.6 Å². The molecule has 0 aliphatic carbocycles.